The predicted octanol–water partition coefficient (Wildman–Crippen LogP) is 4.98. The Labute approximate surface area is 197 Å². The second kappa shape index (κ2) is 13.9. The summed E-state index contributed by atoms with van der Waals surface area (Å²) in [4.78, 5) is 11.9. The first-order chi connectivity index (χ1) is 13.5. The summed E-state index contributed by atoms with van der Waals surface area (Å²) in [5.41, 5.74) is 3.74. The Morgan fingerprint density at radius 3 is 2.48 bits per heavy atom. The van der Waals surface area contributed by atoms with E-state index in [1.54, 1.807) is 11.3 Å². The summed E-state index contributed by atoms with van der Waals surface area (Å²) in [6.45, 7) is 16.2. The van der Waals surface area contributed by atoms with Crippen LogP contribution >= 0.6 is 35.3 Å². The van der Waals surface area contributed by atoms with Crippen LogP contribution in [0.3, 0.4) is 0 Å². The molecule has 5 nitrogen and oxygen atoms in total. The van der Waals surface area contributed by atoms with E-state index in [2.05, 4.69) is 84.8 Å². The minimum atomic E-state index is 0. The molecule has 162 valence electrons. The van der Waals surface area contributed by atoms with E-state index in [0.29, 0.717) is 19.0 Å². The average molecular weight is 530 g/mol. The third-order valence-corrected chi connectivity index (χ3v) is 5.49. The van der Waals surface area contributed by atoms with Gasteiger partial charge < -0.3 is 10.6 Å². The van der Waals surface area contributed by atoms with Gasteiger partial charge in [0.15, 0.2) is 5.96 Å². The van der Waals surface area contributed by atoms with Crippen LogP contribution in [-0.4, -0.2) is 35.5 Å². The minimum Gasteiger partial charge on any atom is -0.357 e. The third-order valence-electron chi connectivity index (χ3n) is 4.62. The van der Waals surface area contributed by atoms with Gasteiger partial charge in [-0.1, -0.05) is 52.0 Å². The summed E-state index contributed by atoms with van der Waals surface area (Å²) >= 11 is 1.70. The van der Waals surface area contributed by atoms with E-state index in [4.69, 9.17) is 4.99 Å². The molecule has 0 bridgehead atoms. The molecule has 0 aliphatic heterocycles. The third kappa shape index (κ3) is 9.00. The fraction of sp³-hybridized carbons (Fsp3) is 0.545. The number of benzene rings is 1. The maximum atomic E-state index is 4.76. The Balaban J connectivity index is 0.00000420. The van der Waals surface area contributed by atoms with Crippen molar-refractivity contribution in [3.8, 4) is 0 Å². The molecule has 0 spiro atoms. The highest BCUT2D eigenvalue weighted by Crippen LogP contribution is 2.17. The van der Waals surface area contributed by atoms with E-state index in [-0.39, 0.29) is 24.0 Å². The first-order valence-electron chi connectivity index (χ1n) is 10.3. The van der Waals surface area contributed by atoms with Gasteiger partial charge in [-0.05, 0) is 37.1 Å². The van der Waals surface area contributed by atoms with E-state index in [9.17, 15) is 0 Å². The lowest BCUT2D eigenvalue weighted by molar-refractivity contribution is 0.296. The van der Waals surface area contributed by atoms with Crippen LogP contribution in [0.4, 0.5) is 0 Å². The zero-order chi connectivity index (χ0) is 20.4. The smallest absolute Gasteiger partial charge is 0.191 e. The Hall–Kier alpha value is -1.19. The number of halogens is 1. The Morgan fingerprint density at radius 1 is 1.14 bits per heavy atom. The SMILES string of the molecule is CCNC(=NCc1cccc(CN(CC)CC)c1)NCc1nc(C(C)C)cs1.I. The predicted molar refractivity (Wildman–Crippen MR) is 136 cm³/mol. The van der Waals surface area contributed by atoms with Gasteiger partial charge in [-0.25, -0.2) is 9.98 Å². The Morgan fingerprint density at radius 2 is 1.86 bits per heavy atom. The molecule has 0 fully saturated rings. The zero-order valence-electron chi connectivity index (χ0n) is 18.4. The van der Waals surface area contributed by atoms with Crippen molar-refractivity contribution in [2.24, 2.45) is 4.99 Å². The van der Waals surface area contributed by atoms with E-state index >= 15 is 0 Å². The average Bonchev–Trinajstić information content (AvgIpc) is 3.18. The molecule has 0 atom stereocenters. The van der Waals surface area contributed by atoms with Crippen molar-refractivity contribution in [2.45, 2.75) is 60.2 Å². The number of aliphatic imine (C=N–C) groups is 1. The van der Waals surface area contributed by atoms with Crippen LogP contribution in [-0.2, 0) is 19.6 Å². The van der Waals surface area contributed by atoms with Gasteiger partial charge in [0.25, 0.3) is 0 Å². The number of nitrogens with zero attached hydrogens (tertiary/aromatic N) is 3. The number of aromatic nitrogens is 1. The van der Waals surface area contributed by atoms with Crippen LogP contribution in [0.5, 0.6) is 0 Å². The molecular weight excluding hydrogens is 493 g/mol. The molecule has 0 saturated carbocycles. The lowest BCUT2D eigenvalue weighted by Gasteiger charge is -2.18. The molecule has 7 heteroatoms. The molecule has 1 heterocycles. The standard InChI is InChI=1S/C22H35N5S.HI/c1-6-23-22(25-14-21-26-20(16-28-21)17(4)5)24-13-18-10-9-11-19(12-18)15-27(7-2)8-3;/h9-12,16-17H,6-8,13-15H2,1-5H3,(H2,23,24,25);1H. The van der Waals surface area contributed by atoms with Crippen molar-refractivity contribution < 1.29 is 0 Å². The Kier molecular flexibility index (Phi) is 12.4. The van der Waals surface area contributed by atoms with E-state index < -0.39 is 0 Å². The maximum Gasteiger partial charge on any atom is 0.191 e. The van der Waals surface area contributed by atoms with E-state index in [1.807, 2.05) is 0 Å². The summed E-state index contributed by atoms with van der Waals surface area (Å²) < 4.78 is 0. The number of guanidine groups is 1. The van der Waals surface area contributed by atoms with Gasteiger partial charge in [-0.3, -0.25) is 4.90 Å². The topological polar surface area (TPSA) is 52.6 Å². The van der Waals surface area contributed by atoms with Gasteiger partial charge in [-0.15, -0.1) is 35.3 Å². The number of hydrogen-bond donors (Lipinski definition) is 2. The summed E-state index contributed by atoms with van der Waals surface area (Å²) in [6.07, 6.45) is 0. The molecule has 0 aliphatic carbocycles. The molecular formula is C22H36IN5S. The number of nitrogens with one attached hydrogen (secondary N) is 2. The van der Waals surface area contributed by atoms with Crippen LogP contribution in [0, 0.1) is 0 Å². The highest BCUT2D eigenvalue weighted by molar-refractivity contribution is 14.0. The van der Waals surface area contributed by atoms with Gasteiger partial charge >= 0.3 is 0 Å². The largest absolute Gasteiger partial charge is 0.357 e. The molecule has 1 aromatic carbocycles. The quantitative estimate of drug-likeness (QED) is 0.259. The van der Waals surface area contributed by atoms with Crippen molar-refractivity contribution >= 4 is 41.3 Å². The van der Waals surface area contributed by atoms with Crippen molar-refractivity contribution in [1.29, 1.82) is 0 Å². The maximum absolute atomic E-state index is 4.76. The van der Waals surface area contributed by atoms with Crippen molar-refractivity contribution in [1.82, 2.24) is 20.5 Å². The highest BCUT2D eigenvalue weighted by atomic mass is 127. The van der Waals surface area contributed by atoms with Crippen LogP contribution < -0.4 is 10.6 Å². The van der Waals surface area contributed by atoms with Crippen molar-refractivity contribution in [3.05, 3.63) is 51.5 Å². The fourth-order valence-electron chi connectivity index (χ4n) is 2.87. The van der Waals surface area contributed by atoms with Gasteiger partial charge in [0, 0.05) is 18.5 Å². The second-order valence-electron chi connectivity index (χ2n) is 7.15. The number of thiazole rings is 1. The lowest BCUT2D eigenvalue weighted by Crippen LogP contribution is -2.36. The van der Waals surface area contributed by atoms with Crippen LogP contribution in [0.15, 0.2) is 34.6 Å². The zero-order valence-corrected chi connectivity index (χ0v) is 21.5. The summed E-state index contributed by atoms with van der Waals surface area (Å²) in [5, 5.41) is 9.97. The Bertz CT molecular complexity index is 740. The number of rotatable bonds is 10. The van der Waals surface area contributed by atoms with Gasteiger partial charge in [-0.2, -0.15) is 0 Å². The number of hydrogen-bond acceptors (Lipinski definition) is 4. The molecule has 2 aromatic rings. The summed E-state index contributed by atoms with van der Waals surface area (Å²) in [7, 11) is 0. The lowest BCUT2D eigenvalue weighted by atomic mass is 10.1. The van der Waals surface area contributed by atoms with Crippen LogP contribution in [0.2, 0.25) is 0 Å². The first kappa shape index (κ1) is 25.8. The highest BCUT2D eigenvalue weighted by Gasteiger charge is 2.07. The first-order valence-corrected chi connectivity index (χ1v) is 11.2. The molecule has 2 rings (SSSR count). The van der Waals surface area contributed by atoms with Gasteiger partial charge in [0.2, 0.25) is 0 Å². The van der Waals surface area contributed by atoms with Gasteiger partial charge in [0.05, 0.1) is 18.8 Å². The summed E-state index contributed by atoms with van der Waals surface area (Å²) in [5.74, 6) is 1.30. The van der Waals surface area contributed by atoms with Crippen LogP contribution in [0.1, 0.15) is 62.4 Å². The molecule has 0 amide bonds. The molecule has 1 aromatic heterocycles. The van der Waals surface area contributed by atoms with Crippen molar-refractivity contribution in [3.63, 3.8) is 0 Å². The molecule has 0 aliphatic rings. The van der Waals surface area contributed by atoms with E-state index in [0.717, 1.165) is 42.8 Å². The monoisotopic (exact) mass is 529 g/mol. The fourth-order valence-corrected chi connectivity index (χ4v) is 3.77. The normalized spacial score (nSPS) is 11.6. The second-order valence-corrected chi connectivity index (χ2v) is 8.09. The molecule has 0 saturated heterocycles. The summed E-state index contributed by atoms with van der Waals surface area (Å²) in [6, 6.07) is 8.74. The molecule has 0 radical (unpaired) electrons. The minimum absolute atomic E-state index is 0. The molecule has 29 heavy (non-hydrogen) atoms. The van der Waals surface area contributed by atoms with E-state index in [1.165, 1.54) is 11.1 Å². The van der Waals surface area contributed by atoms with Crippen molar-refractivity contribution in [2.75, 3.05) is 19.6 Å². The van der Waals surface area contributed by atoms with Crippen LogP contribution in [0.25, 0.3) is 0 Å². The van der Waals surface area contributed by atoms with Gasteiger partial charge in [0.1, 0.15) is 5.01 Å². The molecule has 2 N–H and O–H groups in total. The molecule has 0 unspecified atom stereocenters.